The topological polar surface area (TPSA) is 73.4 Å². The first kappa shape index (κ1) is 20.8. The smallest absolute Gasteiger partial charge is 0.357 e. The van der Waals surface area contributed by atoms with Gasteiger partial charge in [-0.25, -0.2) is 9.78 Å². The number of hydrogen-bond acceptors (Lipinski definition) is 5. The molecule has 0 aliphatic heterocycles. The van der Waals surface area contributed by atoms with Gasteiger partial charge in [0.2, 0.25) is 0 Å². The number of H-pyrrole nitrogens is 1. The predicted molar refractivity (Wildman–Crippen MR) is 123 cm³/mol. The Balaban J connectivity index is 1.59. The van der Waals surface area contributed by atoms with Crippen LogP contribution in [0.1, 0.15) is 40.9 Å². The van der Waals surface area contributed by atoms with Crippen LogP contribution in [-0.2, 0) is 22.7 Å². The van der Waals surface area contributed by atoms with Crippen LogP contribution in [0.3, 0.4) is 0 Å². The fourth-order valence-electron chi connectivity index (χ4n) is 4.04. The molecular weight excluding hydrogens is 428 g/mol. The highest BCUT2D eigenvalue weighted by molar-refractivity contribution is 6.30. The normalized spacial score (nSPS) is 13.9. The highest BCUT2D eigenvalue weighted by Gasteiger charge is 2.27. The number of esters is 1. The summed E-state index contributed by atoms with van der Waals surface area (Å²) in [5.41, 5.74) is 3.66. The van der Waals surface area contributed by atoms with E-state index >= 15 is 0 Å². The summed E-state index contributed by atoms with van der Waals surface area (Å²) in [6, 6.07) is 13.4. The Bertz CT molecular complexity index is 1300. The molecule has 6 nitrogen and oxygen atoms in total. The summed E-state index contributed by atoms with van der Waals surface area (Å²) in [6.07, 6.45) is 4.55. The van der Waals surface area contributed by atoms with Crippen molar-refractivity contribution in [3.8, 4) is 5.75 Å². The molecule has 0 bridgehead atoms. The monoisotopic (exact) mass is 450 g/mol. The van der Waals surface area contributed by atoms with Crippen molar-refractivity contribution in [1.29, 1.82) is 0 Å². The summed E-state index contributed by atoms with van der Waals surface area (Å²) in [4.78, 5) is 20.7. The van der Waals surface area contributed by atoms with E-state index in [1.165, 1.54) is 0 Å². The molecule has 2 aromatic carbocycles. The molecule has 0 atom stereocenters. The Morgan fingerprint density at radius 1 is 1.12 bits per heavy atom. The number of carbonyl (C=O) groups excluding carboxylic acids is 1. The molecule has 1 aliphatic carbocycles. The summed E-state index contributed by atoms with van der Waals surface area (Å²) in [6.45, 7) is 0.600. The number of aromatic amines is 1. The molecule has 7 heteroatoms. The second-order valence-electron chi connectivity index (χ2n) is 7.99. The molecule has 1 fully saturated rings. The van der Waals surface area contributed by atoms with Crippen LogP contribution in [0.25, 0.3) is 21.8 Å². The van der Waals surface area contributed by atoms with Crippen LogP contribution in [0.15, 0.2) is 48.7 Å². The zero-order chi connectivity index (χ0) is 22.1. The first-order chi connectivity index (χ1) is 15.6. The number of benzene rings is 2. The number of carbonyl (C=O) groups is 1. The van der Waals surface area contributed by atoms with Crippen molar-refractivity contribution in [2.75, 3.05) is 7.11 Å². The van der Waals surface area contributed by atoms with Gasteiger partial charge in [0.05, 0.1) is 23.8 Å². The van der Waals surface area contributed by atoms with Crippen molar-refractivity contribution < 1.29 is 19.0 Å². The molecule has 0 saturated heterocycles. The van der Waals surface area contributed by atoms with Crippen LogP contribution in [0.5, 0.6) is 5.75 Å². The van der Waals surface area contributed by atoms with Crippen LogP contribution >= 0.6 is 11.6 Å². The number of fused-ring (bicyclic) bond motifs is 3. The van der Waals surface area contributed by atoms with E-state index in [9.17, 15) is 4.79 Å². The Hall–Kier alpha value is -3.09. The number of nitrogens with zero attached hydrogens (tertiary/aromatic N) is 1. The van der Waals surface area contributed by atoms with Gasteiger partial charge in [0.15, 0.2) is 5.69 Å². The van der Waals surface area contributed by atoms with E-state index in [0.29, 0.717) is 22.9 Å². The number of hydrogen-bond donors (Lipinski definition) is 1. The van der Waals surface area contributed by atoms with E-state index in [2.05, 4.69) is 9.97 Å². The molecule has 1 saturated carbocycles. The largest absolute Gasteiger partial charge is 0.488 e. The van der Waals surface area contributed by atoms with E-state index in [1.807, 2.05) is 42.5 Å². The van der Waals surface area contributed by atoms with Gasteiger partial charge in [0, 0.05) is 28.5 Å². The van der Waals surface area contributed by atoms with Gasteiger partial charge >= 0.3 is 5.97 Å². The van der Waals surface area contributed by atoms with Gasteiger partial charge in [-0.05, 0) is 49.1 Å². The molecule has 164 valence electrons. The Kier molecular flexibility index (Phi) is 5.72. The third-order valence-electron chi connectivity index (χ3n) is 5.82. The van der Waals surface area contributed by atoms with E-state index < -0.39 is 5.97 Å². The number of methoxy groups -OCH3 is 1. The number of nitrogens with one attached hydrogen (secondary N) is 1. The summed E-state index contributed by atoms with van der Waals surface area (Å²) < 4.78 is 17.3. The minimum absolute atomic E-state index is 0.0186. The van der Waals surface area contributed by atoms with Gasteiger partial charge < -0.3 is 19.2 Å². The maximum Gasteiger partial charge on any atom is 0.357 e. The number of pyridine rings is 1. The first-order valence-corrected chi connectivity index (χ1v) is 11.0. The van der Waals surface area contributed by atoms with Gasteiger partial charge in [-0.15, -0.1) is 0 Å². The third-order valence-corrected chi connectivity index (χ3v) is 6.05. The van der Waals surface area contributed by atoms with Crippen molar-refractivity contribution in [2.45, 2.75) is 38.6 Å². The molecule has 4 aromatic rings. The Morgan fingerprint density at radius 2 is 1.97 bits per heavy atom. The average Bonchev–Trinajstić information content (AvgIpc) is 3.15. The van der Waals surface area contributed by atoms with Crippen molar-refractivity contribution in [3.05, 3.63) is 70.5 Å². The van der Waals surface area contributed by atoms with Gasteiger partial charge in [0.25, 0.3) is 0 Å². The highest BCUT2D eigenvalue weighted by atomic mass is 35.5. The van der Waals surface area contributed by atoms with Crippen LogP contribution < -0.4 is 4.74 Å². The van der Waals surface area contributed by atoms with Crippen molar-refractivity contribution in [3.63, 3.8) is 0 Å². The zero-order valence-corrected chi connectivity index (χ0v) is 18.4. The lowest BCUT2D eigenvalue weighted by Crippen LogP contribution is -2.26. The highest BCUT2D eigenvalue weighted by Crippen LogP contribution is 2.37. The lowest BCUT2D eigenvalue weighted by Gasteiger charge is -2.25. The molecular formula is C25H23ClN2O4. The second kappa shape index (κ2) is 8.81. The van der Waals surface area contributed by atoms with Gasteiger partial charge in [-0.2, -0.15) is 0 Å². The second-order valence-corrected chi connectivity index (χ2v) is 8.42. The first-order valence-electron chi connectivity index (χ1n) is 10.6. The van der Waals surface area contributed by atoms with Crippen LogP contribution in [-0.4, -0.2) is 29.2 Å². The maximum absolute atomic E-state index is 12.9. The minimum atomic E-state index is -0.407. The predicted octanol–water partition coefficient (Wildman–Crippen LogP) is 5.80. The Morgan fingerprint density at radius 3 is 2.72 bits per heavy atom. The quantitative estimate of drug-likeness (QED) is 0.360. The maximum atomic E-state index is 12.9. The average molecular weight is 451 g/mol. The van der Waals surface area contributed by atoms with Crippen LogP contribution in [0, 0.1) is 0 Å². The minimum Gasteiger partial charge on any atom is -0.488 e. The fourth-order valence-corrected chi connectivity index (χ4v) is 4.25. The number of halogens is 1. The SMILES string of the molecule is COCc1c(C(=O)OC2CCC2)ncc2[nH]c3cccc(OCc4cccc(Cl)c4)c3c12. The summed E-state index contributed by atoms with van der Waals surface area (Å²) in [7, 11) is 1.60. The van der Waals surface area contributed by atoms with Crippen LogP contribution in [0.4, 0.5) is 0 Å². The summed E-state index contributed by atoms with van der Waals surface area (Å²) in [5, 5.41) is 2.41. The standard InChI is InChI=1S/C25H23ClN2O4/c1-30-14-18-22-20(12-27-24(18)25(29)32-17-7-3-8-17)28-19-9-4-10-21(23(19)22)31-13-15-5-2-6-16(26)11-15/h2,4-6,9-12,17,28H,3,7-8,13-14H2,1H3. The van der Waals surface area contributed by atoms with E-state index in [0.717, 1.165) is 46.6 Å². The van der Waals surface area contributed by atoms with E-state index in [4.69, 9.17) is 25.8 Å². The van der Waals surface area contributed by atoms with Crippen molar-refractivity contribution >= 4 is 39.4 Å². The number of rotatable bonds is 7. The van der Waals surface area contributed by atoms with Gasteiger partial charge in [-0.1, -0.05) is 29.8 Å². The fraction of sp³-hybridized carbons (Fsp3) is 0.280. The lowest BCUT2D eigenvalue weighted by molar-refractivity contribution is 0.00803. The van der Waals surface area contributed by atoms with Crippen LogP contribution in [0.2, 0.25) is 5.02 Å². The summed E-state index contributed by atoms with van der Waals surface area (Å²) >= 11 is 6.11. The molecule has 0 spiro atoms. The van der Waals surface area contributed by atoms with E-state index in [1.54, 1.807) is 13.3 Å². The van der Waals surface area contributed by atoms with Gasteiger partial charge in [0.1, 0.15) is 18.5 Å². The van der Waals surface area contributed by atoms with Crippen molar-refractivity contribution in [2.24, 2.45) is 0 Å². The van der Waals surface area contributed by atoms with Gasteiger partial charge in [-0.3, -0.25) is 0 Å². The molecule has 2 aromatic heterocycles. The molecule has 0 radical (unpaired) electrons. The van der Waals surface area contributed by atoms with E-state index in [-0.39, 0.29) is 18.4 Å². The summed E-state index contributed by atoms with van der Waals surface area (Å²) in [5.74, 6) is 0.297. The molecule has 5 rings (SSSR count). The zero-order valence-electron chi connectivity index (χ0n) is 17.7. The number of aromatic nitrogens is 2. The van der Waals surface area contributed by atoms with Crippen molar-refractivity contribution in [1.82, 2.24) is 9.97 Å². The molecule has 1 aliphatic rings. The Labute approximate surface area is 190 Å². The molecule has 0 unspecified atom stereocenters. The molecule has 0 amide bonds. The molecule has 2 heterocycles. The third kappa shape index (κ3) is 3.92. The molecule has 32 heavy (non-hydrogen) atoms. The molecule has 1 N–H and O–H groups in total. The number of ether oxygens (including phenoxy) is 3. The lowest BCUT2D eigenvalue weighted by atomic mass is 9.96.